The first-order valence-electron chi connectivity index (χ1n) is 7.71. The molecular formula is C20H16N2O2. The number of fused-ring (bicyclic) bond motifs is 1. The number of H-pyrrole nitrogens is 1. The molecule has 0 fully saturated rings. The van der Waals surface area contributed by atoms with E-state index in [4.69, 9.17) is 4.74 Å². The van der Waals surface area contributed by atoms with Crippen LogP contribution in [-0.4, -0.2) is 18.0 Å². The number of methoxy groups -OCH3 is 1. The number of carbonyl (C=O) groups excluding carboxylic acids is 1. The first-order chi connectivity index (χ1) is 11.8. The summed E-state index contributed by atoms with van der Waals surface area (Å²) < 4.78 is 5.50. The summed E-state index contributed by atoms with van der Waals surface area (Å²) in [5.74, 6) is 0.687. The minimum Gasteiger partial charge on any atom is -0.496 e. The molecule has 3 aromatic rings. The SMILES string of the molecule is COc1ccccc1-c1cccc2c1C(=Cc1ccc[nH]1)C(=O)N2. The second-order valence-electron chi connectivity index (χ2n) is 5.57. The number of hydrogen-bond donors (Lipinski definition) is 2. The first kappa shape index (κ1) is 14.3. The van der Waals surface area contributed by atoms with Crippen LogP contribution in [0.4, 0.5) is 5.69 Å². The quantitative estimate of drug-likeness (QED) is 0.712. The number of para-hydroxylation sites is 1. The van der Waals surface area contributed by atoms with E-state index in [-0.39, 0.29) is 5.91 Å². The van der Waals surface area contributed by atoms with E-state index in [1.807, 2.05) is 66.9 Å². The van der Waals surface area contributed by atoms with E-state index >= 15 is 0 Å². The number of benzene rings is 2. The third-order valence-corrected chi connectivity index (χ3v) is 4.15. The zero-order valence-electron chi connectivity index (χ0n) is 13.2. The summed E-state index contributed by atoms with van der Waals surface area (Å²) in [6, 6.07) is 17.5. The third kappa shape index (κ3) is 2.29. The number of carbonyl (C=O) groups is 1. The second kappa shape index (κ2) is 5.74. The van der Waals surface area contributed by atoms with Crippen LogP contribution in [0.5, 0.6) is 5.75 Å². The lowest BCUT2D eigenvalue weighted by Gasteiger charge is -2.12. The summed E-state index contributed by atoms with van der Waals surface area (Å²) in [6.45, 7) is 0. The van der Waals surface area contributed by atoms with Gasteiger partial charge in [-0.15, -0.1) is 0 Å². The van der Waals surface area contributed by atoms with Crippen molar-refractivity contribution in [1.29, 1.82) is 0 Å². The fourth-order valence-electron chi connectivity index (χ4n) is 3.07. The van der Waals surface area contributed by atoms with Crippen LogP contribution in [0.15, 0.2) is 60.8 Å². The van der Waals surface area contributed by atoms with Crippen molar-refractivity contribution in [3.8, 4) is 16.9 Å². The fourth-order valence-corrected chi connectivity index (χ4v) is 3.07. The molecule has 118 valence electrons. The molecule has 2 N–H and O–H groups in total. The molecule has 0 radical (unpaired) electrons. The molecule has 2 aromatic carbocycles. The Kier molecular flexibility index (Phi) is 3.43. The summed E-state index contributed by atoms with van der Waals surface area (Å²) in [7, 11) is 1.65. The standard InChI is InChI=1S/C20H16N2O2/c1-24-18-10-3-2-7-14(18)15-8-4-9-17-19(15)16(20(23)22-17)12-13-6-5-11-21-13/h2-12,21H,1H3,(H,22,23). The van der Waals surface area contributed by atoms with Gasteiger partial charge in [0, 0.05) is 28.7 Å². The molecule has 0 spiro atoms. The number of ether oxygens (including phenoxy) is 1. The molecule has 0 aliphatic carbocycles. The number of anilines is 1. The maximum Gasteiger partial charge on any atom is 0.256 e. The van der Waals surface area contributed by atoms with Crippen molar-refractivity contribution in [1.82, 2.24) is 4.98 Å². The van der Waals surface area contributed by atoms with Gasteiger partial charge in [-0.1, -0.05) is 30.3 Å². The number of hydrogen-bond acceptors (Lipinski definition) is 2. The van der Waals surface area contributed by atoms with Crippen molar-refractivity contribution in [2.75, 3.05) is 12.4 Å². The summed E-state index contributed by atoms with van der Waals surface area (Å²) in [4.78, 5) is 15.6. The van der Waals surface area contributed by atoms with E-state index in [2.05, 4.69) is 10.3 Å². The molecule has 0 saturated heterocycles. The smallest absolute Gasteiger partial charge is 0.256 e. The molecule has 0 unspecified atom stereocenters. The molecule has 0 saturated carbocycles. The highest BCUT2D eigenvalue weighted by atomic mass is 16.5. The number of amides is 1. The fraction of sp³-hybridized carbons (Fsp3) is 0.0500. The van der Waals surface area contributed by atoms with Crippen molar-refractivity contribution in [2.24, 2.45) is 0 Å². The van der Waals surface area contributed by atoms with E-state index in [0.29, 0.717) is 5.57 Å². The number of aromatic amines is 1. The molecule has 4 rings (SSSR count). The van der Waals surface area contributed by atoms with Gasteiger partial charge < -0.3 is 15.0 Å². The molecule has 24 heavy (non-hydrogen) atoms. The predicted octanol–water partition coefficient (Wildman–Crippen LogP) is 4.18. The van der Waals surface area contributed by atoms with Gasteiger partial charge >= 0.3 is 0 Å². The molecular weight excluding hydrogens is 300 g/mol. The first-order valence-corrected chi connectivity index (χ1v) is 7.71. The summed E-state index contributed by atoms with van der Waals surface area (Å²) in [5, 5.41) is 2.95. The lowest BCUT2D eigenvalue weighted by molar-refractivity contribution is -0.110. The van der Waals surface area contributed by atoms with Crippen LogP contribution in [0, 0.1) is 0 Å². The van der Waals surface area contributed by atoms with Crippen LogP contribution >= 0.6 is 0 Å². The molecule has 4 heteroatoms. The third-order valence-electron chi connectivity index (χ3n) is 4.15. The van der Waals surface area contributed by atoms with Crippen molar-refractivity contribution < 1.29 is 9.53 Å². The normalized spacial score (nSPS) is 14.5. The zero-order chi connectivity index (χ0) is 16.5. The monoisotopic (exact) mass is 316 g/mol. The van der Waals surface area contributed by atoms with Gasteiger partial charge in [-0.2, -0.15) is 0 Å². The van der Waals surface area contributed by atoms with Crippen molar-refractivity contribution in [2.45, 2.75) is 0 Å². The van der Waals surface area contributed by atoms with Gasteiger partial charge in [0.25, 0.3) is 5.91 Å². The van der Waals surface area contributed by atoms with Crippen LogP contribution in [0.25, 0.3) is 22.8 Å². The maximum absolute atomic E-state index is 12.5. The van der Waals surface area contributed by atoms with Gasteiger partial charge in [0.15, 0.2) is 0 Å². The van der Waals surface area contributed by atoms with E-state index in [9.17, 15) is 4.79 Å². The van der Waals surface area contributed by atoms with E-state index in [1.165, 1.54) is 0 Å². The zero-order valence-corrected chi connectivity index (χ0v) is 13.2. The molecule has 2 heterocycles. The average molecular weight is 316 g/mol. The molecule has 1 aliphatic rings. The van der Waals surface area contributed by atoms with Crippen LogP contribution in [0.1, 0.15) is 11.3 Å². The van der Waals surface area contributed by atoms with Crippen molar-refractivity contribution in [3.63, 3.8) is 0 Å². The Morgan fingerprint density at radius 3 is 2.58 bits per heavy atom. The molecule has 0 bridgehead atoms. The van der Waals surface area contributed by atoms with E-state index in [0.717, 1.165) is 33.8 Å². The molecule has 1 aliphatic heterocycles. The summed E-state index contributed by atoms with van der Waals surface area (Å²) in [5.41, 5.74) is 5.20. The number of rotatable bonds is 3. The molecule has 0 atom stereocenters. The molecule has 1 amide bonds. The van der Waals surface area contributed by atoms with Gasteiger partial charge in [0.05, 0.1) is 12.7 Å². The lowest BCUT2D eigenvalue weighted by atomic mass is 9.94. The van der Waals surface area contributed by atoms with Gasteiger partial charge in [0.1, 0.15) is 5.75 Å². The Hall–Kier alpha value is -3.27. The van der Waals surface area contributed by atoms with Crippen LogP contribution in [0.2, 0.25) is 0 Å². The number of aromatic nitrogens is 1. The van der Waals surface area contributed by atoms with E-state index in [1.54, 1.807) is 7.11 Å². The minimum atomic E-state index is -0.0954. The highest BCUT2D eigenvalue weighted by Gasteiger charge is 2.28. The van der Waals surface area contributed by atoms with Crippen LogP contribution < -0.4 is 10.1 Å². The highest BCUT2D eigenvalue weighted by molar-refractivity contribution is 6.36. The van der Waals surface area contributed by atoms with Crippen molar-refractivity contribution >= 4 is 23.2 Å². The van der Waals surface area contributed by atoms with Crippen LogP contribution in [-0.2, 0) is 4.79 Å². The Bertz CT molecular complexity index is 940. The predicted molar refractivity (Wildman–Crippen MR) is 95.7 cm³/mol. The Morgan fingerprint density at radius 1 is 0.958 bits per heavy atom. The van der Waals surface area contributed by atoms with Gasteiger partial charge in [-0.25, -0.2) is 0 Å². The number of nitrogens with one attached hydrogen (secondary N) is 2. The Labute approximate surface area is 139 Å². The summed E-state index contributed by atoms with van der Waals surface area (Å²) in [6.07, 6.45) is 3.71. The van der Waals surface area contributed by atoms with Crippen molar-refractivity contribution in [3.05, 3.63) is 72.1 Å². The average Bonchev–Trinajstić information content (AvgIpc) is 3.23. The van der Waals surface area contributed by atoms with Gasteiger partial charge in [0.2, 0.25) is 0 Å². The molecule has 4 nitrogen and oxygen atoms in total. The largest absolute Gasteiger partial charge is 0.496 e. The minimum absolute atomic E-state index is 0.0954. The molecule has 1 aromatic heterocycles. The van der Waals surface area contributed by atoms with E-state index < -0.39 is 0 Å². The maximum atomic E-state index is 12.5. The lowest BCUT2D eigenvalue weighted by Crippen LogP contribution is -2.03. The second-order valence-corrected chi connectivity index (χ2v) is 5.57. The Morgan fingerprint density at radius 2 is 1.79 bits per heavy atom. The van der Waals surface area contributed by atoms with Gasteiger partial charge in [-0.05, 0) is 35.9 Å². The van der Waals surface area contributed by atoms with Crippen LogP contribution in [0.3, 0.4) is 0 Å². The Balaban J connectivity index is 1.94. The highest BCUT2D eigenvalue weighted by Crippen LogP contribution is 2.42. The summed E-state index contributed by atoms with van der Waals surface area (Å²) >= 11 is 0. The topological polar surface area (TPSA) is 54.1 Å². The van der Waals surface area contributed by atoms with Gasteiger partial charge in [-0.3, -0.25) is 4.79 Å².